The number of hydrogen-bond acceptors (Lipinski definition) is 3. The molecule has 0 aromatic carbocycles. The van der Waals surface area contributed by atoms with Crippen LogP contribution in [0.2, 0.25) is 0 Å². The lowest BCUT2D eigenvalue weighted by atomic mass is 10.3. The molecular weight excluding hydrogens is 236 g/mol. The number of anilines is 1. The third-order valence-electron chi connectivity index (χ3n) is 2.30. The molecule has 0 atom stereocenters. The largest absolute Gasteiger partial charge is 0.477 e. The minimum absolute atomic E-state index is 0.0159. The molecule has 0 unspecified atom stereocenters. The Hall–Kier alpha value is -2.02. The van der Waals surface area contributed by atoms with E-state index in [2.05, 4.69) is 20.9 Å². The summed E-state index contributed by atoms with van der Waals surface area (Å²) in [5.74, 6) is -1.10. The number of urea groups is 1. The lowest BCUT2D eigenvalue weighted by molar-refractivity contribution is 0.0692. The molecule has 0 aliphatic heterocycles. The van der Waals surface area contributed by atoms with Crippen LogP contribution in [0.1, 0.15) is 22.6 Å². The zero-order chi connectivity index (χ0) is 13.5. The molecule has 18 heavy (non-hydrogen) atoms. The van der Waals surface area contributed by atoms with Crippen LogP contribution in [0.3, 0.4) is 0 Å². The molecule has 7 nitrogen and oxygen atoms in total. The lowest BCUT2D eigenvalue weighted by Gasteiger charge is -2.06. The van der Waals surface area contributed by atoms with Crippen molar-refractivity contribution in [1.82, 2.24) is 15.6 Å². The van der Waals surface area contributed by atoms with E-state index in [0.29, 0.717) is 12.2 Å². The van der Waals surface area contributed by atoms with Gasteiger partial charge in [0.05, 0.1) is 5.69 Å². The predicted molar refractivity (Wildman–Crippen MR) is 68.1 cm³/mol. The van der Waals surface area contributed by atoms with E-state index < -0.39 is 12.0 Å². The SMILES string of the molecule is CNCCCNC(=O)Nc1cc(C)[nH]c1C(=O)O. The van der Waals surface area contributed by atoms with Crippen molar-refractivity contribution in [3.63, 3.8) is 0 Å². The average molecular weight is 254 g/mol. The van der Waals surface area contributed by atoms with Gasteiger partial charge in [0.15, 0.2) is 0 Å². The molecule has 0 radical (unpaired) electrons. The van der Waals surface area contributed by atoms with Gasteiger partial charge in [-0.15, -0.1) is 0 Å². The van der Waals surface area contributed by atoms with E-state index in [1.54, 1.807) is 13.0 Å². The number of nitrogens with one attached hydrogen (secondary N) is 4. The van der Waals surface area contributed by atoms with E-state index in [9.17, 15) is 9.59 Å². The van der Waals surface area contributed by atoms with Crippen molar-refractivity contribution in [2.24, 2.45) is 0 Å². The first-order chi connectivity index (χ1) is 8.54. The van der Waals surface area contributed by atoms with Crippen molar-refractivity contribution < 1.29 is 14.7 Å². The first-order valence-corrected chi connectivity index (χ1v) is 5.67. The van der Waals surface area contributed by atoms with Crippen LogP contribution in [0, 0.1) is 6.92 Å². The number of aromatic carboxylic acids is 1. The fraction of sp³-hybridized carbons (Fsp3) is 0.455. The molecular formula is C11H18N4O3. The van der Waals surface area contributed by atoms with Crippen LogP contribution in [0.15, 0.2) is 6.07 Å². The number of carboxylic acid groups (broad SMARTS) is 1. The predicted octanol–water partition coefficient (Wildman–Crippen LogP) is 0.752. The van der Waals surface area contributed by atoms with Gasteiger partial charge in [-0.1, -0.05) is 0 Å². The summed E-state index contributed by atoms with van der Waals surface area (Å²) in [6.07, 6.45) is 0.807. The molecule has 1 aromatic rings. The summed E-state index contributed by atoms with van der Waals surface area (Å²) in [6, 6.07) is 1.17. The number of aromatic nitrogens is 1. The van der Waals surface area contributed by atoms with Crippen molar-refractivity contribution >= 4 is 17.7 Å². The maximum Gasteiger partial charge on any atom is 0.354 e. The molecule has 1 heterocycles. The maximum atomic E-state index is 11.5. The third kappa shape index (κ3) is 4.10. The Morgan fingerprint density at radius 2 is 2.11 bits per heavy atom. The minimum Gasteiger partial charge on any atom is -0.477 e. The van der Waals surface area contributed by atoms with Crippen molar-refractivity contribution in [2.75, 3.05) is 25.5 Å². The maximum absolute atomic E-state index is 11.5. The fourth-order valence-corrected chi connectivity index (χ4v) is 1.49. The lowest BCUT2D eigenvalue weighted by Crippen LogP contribution is -2.31. The van der Waals surface area contributed by atoms with Crippen molar-refractivity contribution in [2.45, 2.75) is 13.3 Å². The van der Waals surface area contributed by atoms with Gasteiger partial charge in [0.25, 0.3) is 0 Å². The van der Waals surface area contributed by atoms with Gasteiger partial charge in [0.2, 0.25) is 0 Å². The second-order valence-corrected chi connectivity index (χ2v) is 3.88. The summed E-state index contributed by atoms with van der Waals surface area (Å²) >= 11 is 0. The van der Waals surface area contributed by atoms with Gasteiger partial charge < -0.3 is 26.0 Å². The van der Waals surface area contributed by atoms with E-state index in [-0.39, 0.29) is 11.4 Å². The van der Waals surface area contributed by atoms with Gasteiger partial charge in [-0.2, -0.15) is 0 Å². The fourth-order valence-electron chi connectivity index (χ4n) is 1.49. The average Bonchev–Trinajstić information content (AvgIpc) is 2.66. The quantitative estimate of drug-likeness (QED) is 0.483. The molecule has 0 saturated heterocycles. The highest BCUT2D eigenvalue weighted by molar-refractivity contribution is 5.99. The van der Waals surface area contributed by atoms with Crippen LogP contribution >= 0.6 is 0 Å². The van der Waals surface area contributed by atoms with Gasteiger partial charge in [0, 0.05) is 12.2 Å². The summed E-state index contributed by atoms with van der Waals surface area (Å²) in [6.45, 7) is 3.06. The van der Waals surface area contributed by atoms with Crippen LogP contribution in [-0.4, -0.2) is 42.2 Å². The van der Waals surface area contributed by atoms with E-state index >= 15 is 0 Å². The van der Waals surface area contributed by atoms with Crippen molar-refractivity contribution in [3.8, 4) is 0 Å². The number of rotatable bonds is 6. The van der Waals surface area contributed by atoms with Gasteiger partial charge in [-0.25, -0.2) is 9.59 Å². The zero-order valence-electron chi connectivity index (χ0n) is 10.5. The molecule has 0 spiro atoms. The Morgan fingerprint density at radius 1 is 1.39 bits per heavy atom. The molecule has 0 aliphatic rings. The Bertz CT molecular complexity index is 428. The van der Waals surface area contributed by atoms with Gasteiger partial charge in [-0.05, 0) is 33.0 Å². The third-order valence-corrected chi connectivity index (χ3v) is 2.30. The van der Waals surface area contributed by atoms with E-state index in [1.807, 2.05) is 7.05 Å². The minimum atomic E-state index is -1.10. The topological polar surface area (TPSA) is 106 Å². The summed E-state index contributed by atoms with van der Waals surface area (Å²) in [5, 5.41) is 17.0. The molecule has 0 aliphatic carbocycles. The first kappa shape index (κ1) is 14.0. The molecule has 0 fully saturated rings. The van der Waals surface area contributed by atoms with Gasteiger partial charge in [0.1, 0.15) is 5.69 Å². The number of carboxylic acids is 1. The van der Waals surface area contributed by atoms with E-state index in [4.69, 9.17) is 5.11 Å². The van der Waals surface area contributed by atoms with Crippen LogP contribution in [-0.2, 0) is 0 Å². The second-order valence-electron chi connectivity index (χ2n) is 3.88. The molecule has 1 rings (SSSR count). The molecule has 0 bridgehead atoms. The highest BCUT2D eigenvalue weighted by Crippen LogP contribution is 2.16. The Balaban J connectivity index is 2.51. The summed E-state index contributed by atoms with van der Waals surface area (Å²) < 4.78 is 0. The van der Waals surface area contributed by atoms with E-state index in [1.165, 1.54) is 0 Å². The van der Waals surface area contributed by atoms with E-state index in [0.717, 1.165) is 13.0 Å². The number of carbonyl (C=O) groups excluding carboxylic acids is 1. The van der Waals surface area contributed by atoms with Gasteiger partial charge >= 0.3 is 12.0 Å². The number of hydrogen-bond donors (Lipinski definition) is 5. The number of carbonyl (C=O) groups is 2. The summed E-state index contributed by atoms with van der Waals surface area (Å²) in [5.41, 5.74) is 0.932. The summed E-state index contributed by atoms with van der Waals surface area (Å²) in [7, 11) is 1.84. The molecule has 2 amide bonds. The number of H-pyrrole nitrogens is 1. The summed E-state index contributed by atoms with van der Waals surface area (Å²) in [4.78, 5) is 25.1. The smallest absolute Gasteiger partial charge is 0.354 e. The Labute approximate surface area is 105 Å². The highest BCUT2D eigenvalue weighted by Gasteiger charge is 2.14. The monoisotopic (exact) mass is 254 g/mol. The van der Waals surface area contributed by atoms with Crippen LogP contribution < -0.4 is 16.0 Å². The first-order valence-electron chi connectivity index (χ1n) is 5.67. The number of aromatic amines is 1. The zero-order valence-corrected chi connectivity index (χ0v) is 10.5. The highest BCUT2D eigenvalue weighted by atomic mass is 16.4. The second kappa shape index (κ2) is 6.65. The van der Waals surface area contributed by atoms with Crippen LogP contribution in [0.25, 0.3) is 0 Å². The Kier molecular flexibility index (Phi) is 5.19. The number of aryl methyl sites for hydroxylation is 1. The van der Waals surface area contributed by atoms with Crippen LogP contribution in [0.5, 0.6) is 0 Å². The van der Waals surface area contributed by atoms with Crippen molar-refractivity contribution in [1.29, 1.82) is 0 Å². The normalized spacial score (nSPS) is 10.1. The molecule has 100 valence electrons. The van der Waals surface area contributed by atoms with Crippen LogP contribution in [0.4, 0.5) is 10.5 Å². The molecule has 7 heteroatoms. The standard InChI is InChI=1S/C11H18N4O3/c1-7-6-8(9(14-7)10(16)17)15-11(18)13-5-3-4-12-2/h6,12,14H,3-5H2,1-2H3,(H,16,17)(H2,13,15,18). The molecule has 5 N–H and O–H groups in total. The molecule has 0 saturated carbocycles. The van der Waals surface area contributed by atoms with Gasteiger partial charge in [-0.3, -0.25) is 0 Å². The molecule has 1 aromatic heterocycles. The van der Waals surface area contributed by atoms with Crippen molar-refractivity contribution in [3.05, 3.63) is 17.5 Å². The number of amides is 2. The Morgan fingerprint density at radius 3 is 2.72 bits per heavy atom.